The molecule has 2 rings (SSSR count). The van der Waals surface area contributed by atoms with E-state index in [9.17, 15) is 4.79 Å². The highest BCUT2D eigenvalue weighted by molar-refractivity contribution is 5.66. The van der Waals surface area contributed by atoms with Crippen molar-refractivity contribution in [2.75, 3.05) is 0 Å². The number of hydrogen-bond donors (Lipinski definition) is 2. The van der Waals surface area contributed by atoms with Gasteiger partial charge in [0.15, 0.2) is 0 Å². The number of allylic oxidation sites excluding steroid dienone is 3. The molecule has 0 aromatic heterocycles. The maximum atomic E-state index is 10.5. The number of carbonyl (C=O) groups is 1. The van der Waals surface area contributed by atoms with Crippen LogP contribution in [-0.4, -0.2) is 23.2 Å². The molecule has 1 heterocycles. The van der Waals surface area contributed by atoms with E-state index in [-0.39, 0.29) is 6.42 Å². The zero-order chi connectivity index (χ0) is 17.2. The Bertz CT molecular complexity index is 433. The van der Waals surface area contributed by atoms with Crippen molar-refractivity contribution in [1.82, 2.24) is 5.48 Å². The van der Waals surface area contributed by atoms with E-state index in [4.69, 9.17) is 9.94 Å². The molecule has 24 heavy (non-hydrogen) atoms. The number of hydroxylamine groups is 1. The quantitative estimate of drug-likeness (QED) is 0.403. The molecule has 2 bridgehead atoms. The molecule has 1 aliphatic carbocycles. The van der Waals surface area contributed by atoms with Crippen LogP contribution in [0, 0.1) is 11.8 Å². The molecule has 2 aliphatic rings. The van der Waals surface area contributed by atoms with Gasteiger partial charge in [-0.15, -0.1) is 0 Å². The van der Waals surface area contributed by atoms with Crippen molar-refractivity contribution in [3.63, 3.8) is 0 Å². The summed E-state index contributed by atoms with van der Waals surface area (Å²) in [4.78, 5) is 16.2. The van der Waals surface area contributed by atoms with Crippen molar-refractivity contribution in [3.05, 3.63) is 24.3 Å². The molecule has 0 radical (unpaired) electrons. The van der Waals surface area contributed by atoms with E-state index >= 15 is 0 Å². The summed E-state index contributed by atoms with van der Waals surface area (Å²) >= 11 is 0. The molecule has 0 amide bonds. The summed E-state index contributed by atoms with van der Waals surface area (Å²) in [6.45, 7) is 2.25. The summed E-state index contributed by atoms with van der Waals surface area (Å²) in [5, 5.41) is 8.65. The maximum Gasteiger partial charge on any atom is 0.303 e. The number of aliphatic carboxylic acids is 1. The van der Waals surface area contributed by atoms with E-state index in [0.29, 0.717) is 24.0 Å². The predicted molar refractivity (Wildman–Crippen MR) is 96.5 cm³/mol. The Balaban J connectivity index is 1.72. The van der Waals surface area contributed by atoms with E-state index in [1.807, 2.05) is 0 Å². The van der Waals surface area contributed by atoms with Crippen LogP contribution in [-0.2, 0) is 9.63 Å². The standard InChI is InChI=1S/C20H33NO3/c1-2-3-4-5-6-10-13-17-16(18-15-19(17)24-21-18)12-9-7-8-11-14-20(22)23/h7,9-10,13,16-19,21H,2-6,8,11-12,14-15H2,1H3,(H,22,23)/t16-,17-,18?,19?/m1/s1. The summed E-state index contributed by atoms with van der Waals surface area (Å²) in [6.07, 6.45) is 19.9. The van der Waals surface area contributed by atoms with Gasteiger partial charge in [0.1, 0.15) is 0 Å². The van der Waals surface area contributed by atoms with Crippen molar-refractivity contribution in [3.8, 4) is 0 Å². The van der Waals surface area contributed by atoms with E-state index in [1.54, 1.807) is 0 Å². The minimum absolute atomic E-state index is 0.261. The smallest absolute Gasteiger partial charge is 0.303 e. The van der Waals surface area contributed by atoms with Gasteiger partial charge in [0, 0.05) is 18.4 Å². The Morgan fingerprint density at radius 3 is 2.79 bits per heavy atom. The van der Waals surface area contributed by atoms with Crippen LogP contribution < -0.4 is 5.48 Å². The Labute approximate surface area is 146 Å². The minimum atomic E-state index is -0.706. The normalized spacial score (nSPS) is 29.2. The average Bonchev–Trinajstić information content (AvgIpc) is 3.15. The van der Waals surface area contributed by atoms with E-state index in [0.717, 1.165) is 25.7 Å². The molecule has 0 spiro atoms. The van der Waals surface area contributed by atoms with Gasteiger partial charge in [-0.2, -0.15) is 5.48 Å². The highest BCUT2D eigenvalue weighted by atomic mass is 16.7. The second-order valence-corrected chi connectivity index (χ2v) is 7.13. The molecule has 0 aromatic carbocycles. The molecule has 1 saturated carbocycles. The zero-order valence-corrected chi connectivity index (χ0v) is 15.0. The summed E-state index contributed by atoms with van der Waals surface area (Å²) < 4.78 is 0. The lowest BCUT2D eigenvalue weighted by molar-refractivity contribution is -0.137. The van der Waals surface area contributed by atoms with Crippen LogP contribution in [0.15, 0.2) is 24.3 Å². The molecule has 0 aromatic rings. The Kier molecular flexibility index (Phi) is 8.54. The van der Waals surface area contributed by atoms with E-state index in [2.05, 4.69) is 36.7 Å². The first-order chi connectivity index (χ1) is 11.7. The average molecular weight is 335 g/mol. The summed E-state index contributed by atoms with van der Waals surface area (Å²) in [5.74, 6) is 0.416. The van der Waals surface area contributed by atoms with Crippen LogP contribution in [0.2, 0.25) is 0 Å². The molecule has 2 unspecified atom stereocenters. The van der Waals surface area contributed by atoms with Crippen molar-refractivity contribution in [2.45, 2.75) is 83.3 Å². The molecular formula is C20H33NO3. The van der Waals surface area contributed by atoms with Gasteiger partial charge in [0.05, 0.1) is 6.10 Å². The van der Waals surface area contributed by atoms with Gasteiger partial charge in [-0.3, -0.25) is 9.63 Å². The van der Waals surface area contributed by atoms with Crippen molar-refractivity contribution >= 4 is 5.97 Å². The van der Waals surface area contributed by atoms with Crippen LogP contribution in [0.25, 0.3) is 0 Å². The number of carboxylic acid groups (broad SMARTS) is 1. The maximum absolute atomic E-state index is 10.5. The van der Waals surface area contributed by atoms with Crippen LogP contribution >= 0.6 is 0 Å². The SMILES string of the molecule is CCCCCCC=C[C@H]1C2CC(NO2)[C@@H]1CC=CCCCC(=O)O. The summed E-state index contributed by atoms with van der Waals surface area (Å²) in [6, 6.07) is 0.466. The van der Waals surface area contributed by atoms with E-state index < -0.39 is 5.97 Å². The fourth-order valence-corrected chi connectivity index (χ4v) is 3.84. The van der Waals surface area contributed by atoms with E-state index in [1.165, 1.54) is 32.1 Å². The second-order valence-electron chi connectivity index (χ2n) is 7.13. The monoisotopic (exact) mass is 335 g/mol. The first-order valence-corrected chi connectivity index (χ1v) is 9.67. The third-order valence-corrected chi connectivity index (χ3v) is 5.22. The van der Waals surface area contributed by atoms with Crippen molar-refractivity contribution in [2.24, 2.45) is 11.8 Å². The number of nitrogens with one attached hydrogen (secondary N) is 1. The fourth-order valence-electron chi connectivity index (χ4n) is 3.84. The number of carboxylic acids is 1. The Morgan fingerprint density at radius 1 is 1.17 bits per heavy atom. The lowest BCUT2D eigenvalue weighted by atomic mass is 9.88. The van der Waals surface area contributed by atoms with Gasteiger partial charge in [-0.25, -0.2) is 0 Å². The van der Waals surface area contributed by atoms with Crippen LogP contribution in [0.3, 0.4) is 0 Å². The van der Waals surface area contributed by atoms with Crippen molar-refractivity contribution in [1.29, 1.82) is 0 Å². The topological polar surface area (TPSA) is 58.6 Å². The molecule has 4 atom stereocenters. The fraction of sp³-hybridized carbons (Fsp3) is 0.750. The van der Waals surface area contributed by atoms with Gasteiger partial charge in [-0.1, -0.05) is 50.5 Å². The van der Waals surface area contributed by atoms with Gasteiger partial charge in [0.25, 0.3) is 0 Å². The second kappa shape index (κ2) is 10.7. The molecule has 136 valence electrons. The molecule has 2 fully saturated rings. The molecule has 4 heteroatoms. The highest BCUT2D eigenvalue weighted by Gasteiger charge is 2.47. The van der Waals surface area contributed by atoms with Gasteiger partial charge in [0.2, 0.25) is 0 Å². The molecule has 4 nitrogen and oxygen atoms in total. The van der Waals surface area contributed by atoms with Crippen LogP contribution in [0.4, 0.5) is 0 Å². The zero-order valence-electron chi connectivity index (χ0n) is 15.0. The molecule has 2 N–H and O–H groups in total. The highest BCUT2D eigenvalue weighted by Crippen LogP contribution is 2.41. The van der Waals surface area contributed by atoms with Gasteiger partial charge < -0.3 is 5.11 Å². The Hall–Kier alpha value is -1.13. The van der Waals surface area contributed by atoms with Crippen LogP contribution in [0.5, 0.6) is 0 Å². The predicted octanol–water partition coefficient (Wildman–Crippen LogP) is 4.62. The lowest BCUT2D eigenvalue weighted by Crippen LogP contribution is -2.37. The number of hydrogen-bond acceptors (Lipinski definition) is 3. The third kappa shape index (κ3) is 6.06. The van der Waals surface area contributed by atoms with Crippen LogP contribution in [0.1, 0.15) is 71.1 Å². The molecule has 1 saturated heterocycles. The summed E-state index contributed by atoms with van der Waals surface area (Å²) in [7, 11) is 0. The number of rotatable bonds is 12. The third-order valence-electron chi connectivity index (χ3n) is 5.22. The minimum Gasteiger partial charge on any atom is -0.481 e. The molecular weight excluding hydrogens is 302 g/mol. The number of unbranched alkanes of at least 4 members (excludes halogenated alkanes) is 5. The Morgan fingerprint density at radius 2 is 2.00 bits per heavy atom. The summed E-state index contributed by atoms with van der Waals surface area (Å²) in [5.41, 5.74) is 3.18. The largest absolute Gasteiger partial charge is 0.481 e. The first kappa shape index (κ1) is 19.2. The lowest BCUT2D eigenvalue weighted by Gasteiger charge is -2.28. The van der Waals surface area contributed by atoms with Gasteiger partial charge in [-0.05, 0) is 44.4 Å². The van der Waals surface area contributed by atoms with Crippen molar-refractivity contribution < 1.29 is 14.7 Å². The number of fused-ring (bicyclic) bond motifs is 2. The molecule has 1 aliphatic heterocycles. The van der Waals surface area contributed by atoms with Gasteiger partial charge >= 0.3 is 5.97 Å². The first-order valence-electron chi connectivity index (χ1n) is 9.67.